The van der Waals surface area contributed by atoms with Gasteiger partial charge < -0.3 is 9.57 Å². The van der Waals surface area contributed by atoms with Crippen LogP contribution in [0.1, 0.15) is 43.1 Å². The number of ether oxygens (including phenoxy) is 1. The van der Waals surface area contributed by atoms with E-state index in [9.17, 15) is 18.0 Å². The number of alkyl halides is 3. The molecule has 0 saturated heterocycles. The van der Waals surface area contributed by atoms with Gasteiger partial charge in [-0.25, -0.2) is 9.97 Å². The van der Waals surface area contributed by atoms with Crippen LogP contribution in [0.5, 0.6) is 0 Å². The number of halogens is 3. The Kier molecular flexibility index (Phi) is 7.91. The minimum atomic E-state index is -4.48. The molecule has 0 atom stereocenters. The molecule has 0 bridgehead atoms. The summed E-state index contributed by atoms with van der Waals surface area (Å²) in [7, 11) is 0. The smallest absolute Gasteiger partial charge is 0.416 e. The average molecular weight is 395 g/mol. The molecule has 2 aromatic rings. The number of unbranched alkanes of at least 4 members (excludes halogenated alkanes) is 1. The lowest BCUT2D eigenvalue weighted by Crippen LogP contribution is -2.12. The topological polar surface area (TPSA) is 73.7 Å². The van der Waals surface area contributed by atoms with Crippen LogP contribution in [0.15, 0.2) is 47.9 Å². The number of rotatable bonds is 9. The van der Waals surface area contributed by atoms with E-state index in [0.717, 1.165) is 12.1 Å². The minimum Gasteiger partial charge on any atom is -0.466 e. The maximum Gasteiger partial charge on any atom is 0.416 e. The second-order valence-electron chi connectivity index (χ2n) is 5.69. The Morgan fingerprint density at radius 1 is 1.14 bits per heavy atom. The maximum absolute atomic E-state index is 13.0. The van der Waals surface area contributed by atoms with E-state index in [1.54, 1.807) is 13.0 Å². The highest BCUT2D eigenvalue weighted by Crippen LogP contribution is 2.30. The zero-order valence-corrected chi connectivity index (χ0v) is 15.3. The van der Waals surface area contributed by atoms with Gasteiger partial charge in [-0.2, -0.15) is 13.2 Å². The predicted octanol–water partition coefficient (Wildman–Crippen LogP) is 4.00. The van der Waals surface area contributed by atoms with Crippen molar-refractivity contribution in [3.8, 4) is 0 Å². The van der Waals surface area contributed by atoms with Gasteiger partial charge in [0.05, 0.1) is 12.2 Å². The van der Waals surface area contributed by atoms with Gasteiger partial charge in [-0.3, -0.25) is 4.79 Å². The molecule has 0 N–H and O–H groups in total. The summed E-state index contributed by atoms with van der Waals surface area (Å²) < 4.78 is 43.8. The fraction of sp³-hybridized carbons (Fsp3) is 0.368. The van der Waals surface area contributed by atoms with E-state index in [-0.39, 0.29) is 36.1 Å². The first kappa shape index (κ1) is 21.3. The average Bonchev–Trinajstić information content (AvgIpc) is 2.68. The molecule has 0 fully saturated rings. The molecule has 0 aliphatic carbocycles. The molecule has 0 unspecified atom stereocenters. The van der Waals surface area contributed by atoms with Crippen LogP contribution in [-0.4, -0.2) is 34.9 Å². The van der Waals surface area contributed by atoms with Gasteiger partial charge in [-0.15, -0.1) is 0 Å². The molecule has 9 heteroatoms. The number of carbonyl (C=O) groups is 1. The number of oxime groups is 1. The lowest BCUT2D eigenvalue weighted by Gasteiger charge is -2.10. The van der Waals surface area contributed by atoms with Crippen molar-refractivity contribution in [2.75, 3.05) is 13.2 Å². The summed E-state index contributed by atoms with van der Waals surface area (Å²) in [6.45, 7) is 2.25. The number of hydrogen-bond donors (Lipinski definition) is 0. The molecule has 0 amide bonds. The van der Waals surface area contributed by atoms with Gasteiger partial charge >= 0.3 is 12.1 Å². The van der Waals surface area contributed by atoms with E-state index in [2.05, 4.69) is 15.1 Å². The SMILES string of the molecule is CCOC(=O)CCCCO/N=C(\c1cccc(C(F)(F)F)c1)c1ncccn1. The van der Waals surface area contributed by atoms with Gasteiger partial charge in [0.15, 0.2) is 11.5 Å². The monoisotopic (exact) mass is 395 g/mol. The Balaban J connectivity index is 2.09. The highest BCUT2D eigenvalue weighted by molar-refractivity contribution is 6.10. The minimum absolute atomic E-state index is 0.0945. The van der Waals surface area contributed by atoms with Gasteiger partial charge in [0.2, 0.25) is 0 Å². The van der Waals surface area contributed by atoms with Crippen molar-refractivity contribution in [1.82, 2.24) is 9.97 Å². The van der Waals surface area contributed by atoms with Gasteiger partial charge in [0, 0.05) is 24.4 Å². The molecule has 0 saturated carbocycles. The highest BCUT2D eigenvalue weighted by Gasteiger charge is 2.31. The van der Waals surface area contributed by atoms with Crippen LogP contribution >= 0.6 is 0 Å². The fourth-order valence-electron chi connectivity index (χ4n) is 2.27. The predicted molar refractivity (Wildman–Crippen MR) is 95.6 cm³/mol. The molecule has 1 heterocycles. The molecule has 0 radical (unpaired) electrons. The molecular formula is C19H20F3N3O3. The molecule has 0 spiro atoms. The van der Waals surface area contributed by atoms with E-state index < -0.39 is 11.7 Å². The van der Waals surface area contributed by atoms with Gasteiger partial charge in [-0.05, 0) is 38.0 Å². The lowest BCUT2D eigenvalue weighted by molar-refractivity contribution is -0.143. The van der Waals surface area contributed by atoms with Crippen LogP contribution in [0, 0.1) is 0 Å². The first-order chi connectivity index (χ1) is 13.4. The summed E-state index contributed by atoms with van der Waals surface area (Å²) in [6.07, 6.45) is -0.200. The van der Waals surface area contributed by atoms with Crippen LogP contribution < -0.4 is 0 Å². The number of aromatic nitrogens is 2. The second kappa shape index (κ2) is 10.4. The number of esters is 1. The van der Waals surface area contributed by atoms with Crippen molar-refractivity contribution in [2.24, 2.45) is 5.16 Å². The fourth-order valence-corrected chi connectivity index (χ4v) is 2.27. The molecule has 0 aliphatic rings. The van der Waals surface area contributed by atoms with E-state index in [0.29, 0.717) is 19.4 Å². The van der Waals surface area contributed by atoms with Crippen molar-refractivity contribution in [3.63, 3.8) is 0 Å². The van der Waals surface area contributed by atoms with Crippen molar-refractivity contribution >= 4 is 11.7 Å². The second-order valence-corrected chi connectivity index (χ2v) is 5.69. The molecule has 1 aromatic heterocycles. The van der Waals surface area contributed by atoms with Gasteiger partial charge in [-0.1, -0.05) is 17.3 Å². The third-order valence-electron chi connectivity index (χ3n) is 3.57. The Bertz CT molecular complexity index is 796. The van der Waals surface area contributed by atoms with E-state index in [4.69, 9.17) is 9.57 Å². The Labute approximate surface area is 160 Å². The standard InChI is InChI=1S/C19H20F3N3O3/c1-2-27-16(26)9-3-4-12-28-25-17(18-23-10-6-11-24-18)14-7-5-8-15(13-14)19(20,21)22/h5-8,10-11,13H,2-4,9,12H2,1H3/b25-17+. The summed E-state index contributed by atoms with van der Waals surface area (Å²) in [6, 6.07) is 6.30. The summed E-state index contributed by atoms with van der Waals surface area (Å²) in [4.78, 5) is 24.6. The third-order valence-corrected chi connectivity index (χ3v) is 3.57. The zero-order valence-electron chi connectivity index (χ0n) is 15.3. The molecule has 6 nitrogen and oxygen atoms in total. The zero-order chi connectivity index (χ0) is 20.4. The number of nitrogens with zero attached hydrogens (tertiary/aromatic N) is 3. The first-order valence-corrected chi connectivity index (χ1v) is 8.72. The third kappa shape index (κ3) is 6.64. The summed E-state index contributed by atoms with van der Waals surface area (Å²) >= 11 is 0. The molecule has 1 aromatic carbocycles. The van der Waals surface area contributed by atoms with Crippen LogP contribution in [0.2, 0.25) is 0 Å². The van der Waals surface area contributed by atoms with E-state index >= 15 is 0 Å². The normalized spacial score (nSPS) is 11.9. The molecule has 150 valence electrons. The Hall–Kier alpha value is -2.97. The Morgan fingerprint density at radius 2 is 1.89 bits per heavy atom. The first-order valence-electron chi connectivity index (χ1n) is 8.72. The van der Waals surface area contributed by atoms with Crippen molar-refractivity contribution < 1.29 is 27.5 Å². The van der Waals surface area contributed by atoms with Crippen LogP contribution in [0.4, 0.5) is 13.2 Å². The molecule has 2 rings (SSSR count). The highest BCUT2D eigenvalue weighted by atomic mass is 19.4. The number of hydrogen-bond acceptors (Lipinski definition) is 6. The number of carbonyl (C=O) groups excluding carboxylic acids is 1. The van der Waals surface area contributed by atoms with Gasteiger partial charge in [0.25, 0.3) is 0 Å². The van der Waals surface area contributed by atoms with Crippen LogP contribution in [-0.2, 0) is 20.5 Å². The van der Waals surface area contributed by atoms with Crippen LogP contribution in [0.3, 0.4) is 0 Å². The maximum atomic E-state index is 13.0. The Morgan fingerprint density at radius 3 is 2.57 bits per heavy atom. The van der Waals surface area contributed by atoms with Crippen molar-refractivity contribution in [3.05, 3.63) is 59.7 Å². The van der Waals surface area contributed by atoms with E-state index in [1.165, 1.54) is 24.5 Å². The molecular weight excluding hydrogens is 375 g/mol. The van der Waals surface area contributed by atoms with E-state index in [1.807, 2.05) is 0 Å². The molecule has 0 aliphatic heterocycles. The van der Waals surface area contributed by atoms with Crippen molar-refractivity contribution in [2.45, 2.75) is 32.4 Å². The van der Waals surface area contributed by atoms with Gasteiger partial charge in [0.1, 0.15) is 6.61 Å². The summed E-state index contributed by atoms with van der Waals surface area (Å²) in [5.74, 6) is -0.137. The lowest BCUT2D eigenvalue weighted by atomic mass is 10.1. The van der Waals surface area contributed by atoms with Crippen molar-refractivity contribution in [1.29, 1.82) is 0 Å². The quantitative estimate of drug-likeness (QED) is 0.278. The van der Waals surface area contributed by atoms with Crippen LogP contribution in [0.25, 0.3) is 0 Å². The summed E-state index contributed by atoms with van der Waals surface area (Å²) in [5.41, 5.74) is -0.521. The summed E-state index contributed by atoms with van der Waals surface area (Å²) in [5, 5.41) is 3.95. The largest absolute Gasteiger partial charge is 0.466 e. The number of benzene rings is 1. The molecule has 28 heavy (non-hydrogen) atoms.